The lowest BCUT2D eigenvalue weighted by molar-refractivity contribution is 0.734. The molecular formula is C74H71N7. The summed E-state index contributed by atoms with van der Waals surface area (Å²) >= 11 is 0. The summed E-state index contributed by atoms with van der Waals surface area (Å²) in [7, 11) is 0. The first kappa shape index (κ1) is 55.0. The Morgan fingerprint density at radius 2 is 1.25 bits per heavy atom. The van der Waals surface area contributed by atoms with Crippen LogP contribution >= 0.6 is 0 Å². The van der Waals surface area contributed by atoms with Crippen LogP contribution in [-0.2, 0) is 13.0 Å². The lowest BCUT2D eigenvalue weighted by Crippen LogP contribution is -2.33. The summed E-state index contributed by atoms with van der Waals surface area (Å²) in [5.74, 6) is 2.47. The maximum atomic E-state index is 5.20. The van der Waals surface area contributed by atoms with Crippen LogP contribution < -0.4 is 10.6 Å². The van der Waals surface area contributed by atoms with Gasteiger partial charge in [-0.1, -0.05) is 223 Å². The molecule has 0 radical (unpaired) electrons. The lowest BCUT2D eigenvalue weighted by Gasteiger charge is -2.17. The van der Waals surface area contributed by atoms with Gasteiger partial charge in [0.15, 0.2) is 17.5 Å². The highest BCUT2D eigenvalue weighted by Crippen LogP contribution is 2.39. The second-order valence-electron chi connectivity index (χ2n) is 20.1. The van der Waals surface area contributed by atoms with E-state index in [0.29, 0.717) is 35.7 Å². The van der Waals surface area contributed by atoms with Crippen molar-refractivity contribution in [2.45, 2.75) is 79.7 Å². The molecular weight excluding hydrogens is 987 g/mol. The number of hydrogen-bond donors (Lipinski definition) is 0. The van der Waals surface area contributed by atoms with Crippen LogP contribution in [0.25, 0.3) is 57.1 Å². The Labute approximate surface area is 478 Å². The van der Waals surface area contributed by atoms with Crippen LogP contribution in [0.15, 0.2) is 243 Å². The predicted octanol–water partition coefficient (Wildman–Crippen LogP) is 16.8. The molecule has 0 amide bonds. The Kier molecular flexibility index (Phi) is 17.4. The van der Waals surface area contributed by atoms with Gasteiger partial charge in [0.25, 0.3) is 0 Å². The Bertz CT molecular complexity index is 4120. The van der Waals surface area contributed by atoms with E-state index in [4.69, 9.17) is 20.0 Å². The SMILES string of the molecule is C=NC(=NC(=NCc1cccc(-n2c3c(c4c2=CCC(c2cccc5c2c2ccccc2n5-c2cccc(C(N=C(C)c5ccccc5)=NC(=C)c5ccccc5)c2)C=4)CCC=C3)c1)c1ccccc1)C1=CCC(C)C=C1.CC.CC. The van der Waals surface area contributed by atoms with Crippen LogP contribution in [0.4, 0.5) is 0 Å². The molecule has 0 saturated carbocycles. The molecule has 2 aromatic heterocycles. The number of benzene rings is 7. The maximum absolute atomic E-state index is 5.20. The van der Waals surface area contributed by atoms with Gasteiger partial charge < -0.3 is 9.13 Å². The molecule has 7 nitrogen and oxygen atoms in total. The molecule has 9 aromatic rings. The molecule has 0 saturated heterocycles. The molecule has 81 heavy (non-hydrogen) atoms. The Morgan fingerprint density at radius 1 is 0.593 bits per heavy atom. The van der Waals surface area contributed by atoms with Gasteiger partial charge in [-0.05, 0) is 116 Å². The molecule has 2 heterocycles. The van der Waals surface area contributed by atoms with Crippen LogP contribution in [0.3, 0.4) is 0 Å². The van der Waals surface area contributed by atoms with Crippen molar-refractivity contribution in [3.05, 3.63) is 274 Å². The minimum absolute atomic E-state index is 0.163. The zero-order chi connectivity index (χ0) is 56.2. The summed E-state index contributed by atoms with van der Waals surface area (Å²) in [5, 5.41) is 5.08. The standard InChI is InChI=1S/C70H59N7.2C2H6/c1-47-37-39-54(40-38-47)68(71-4)75-69(53-26-12-7-13-27-53)72-46-50-21-18-29-57(43-50)76-63-34-16-14-31-60(63)62-45-55(41-42-65(62)76)59-33-20-36-66-67(59)61-32-15-17-35-64(61)77(66)58-30-19-28-56(44-58)70(73-48(2)51-22-8-5-9-23-51)74-49(3)52-24-10-6-11-25-52;2*1-2/h5-13,15-30,32-37,39-40,42-45,47,55H,2,4,14,31,38,41,46H2,1,3H3;2*1-2H3. The number of hydrogen-bond acceptors (Lipinski definition) is 2. The van der Waals surface area contributed by atoms with E-state index in [-0.39, 0.29) is 5.92 Å². The molecule has 3 aliphatic rings. The second-order valence-corrected chi connectivity index (χ2v) is 20.1. The average Bonchev–Trinajstić information content (AvgIpc) is 4.16. The van der Waals surface area contributed by atoms with Crippen molar-refractivity contribution in [3.8, 4) is 11.4 Å². The fourth-order valence-corrected chi connectivity index (χ4v) is 11.1. The number of allylic oxidation sites excluding steroid dienone is 3. The van der Waals surface area contributed by atoms with Gasteiger partial charge in [0.1, 0.15) is 0 Å². The zero-order valence-electron chi connectivity index (χ0n) is 47.6. The van der Waals surface area contributed by atoms with Crippen molar-refractivity contribution >= 4 is 75.7 Å². The van der Waals surface area contributed by atoms with E-state index in [2.05, 4.69) is 192 Å². The maximum Gasteiger partial charge on any atom is 0.160 e. The molecule has 0 N–H and O–H groups in total. The summed E-state index contributed by atoms with van der Waals surface area (Å²) < 4.78 is 4.88. The van der Waals surface area contributed by atoms with Crippen LogP contribution in [0, 0.1) is 5.92 Å². The molecule has 7 aromatic carbocycles. The summed E-state index contributed by atoms with van der Waals surface area (Å²) in [6.45, 7) is 21.0. The fraction of sp³-hybridized carbons (Fsp3) is 0.176. The molecule has 402 valence electrons. The van der Waals surface area contributed by atoms with E-state index in [1.807, 2.05) is 101 Å². The molecule has 0 fully saturated rings. The van der Waals surface area contributed by atoms with Crippen LogP contribution in [0.1, 0.15) is 111 Å². The van der Waals surface area contributed by atoms with Crippen molar-refractivity contribution in [1.82, 2.24) is 9.13 Å². The van der Waals surface area contributed by atoms with Crippen molar-refractivity contribution in [2.75, 3.05) is 0 Å². The molecule has 12 rings (SSSR count). The van der Waals surface area contributed by atoms with E-state index >= 15 is 0 Å². The van der Waals surface area contributed by atoms with Gasteiger partial charge in [0, 0.05) is 66.7 Å². The van der Waals surface area contributed by atoms with Crippen molar-refractivity contribution < 1.29 is 0 Å². The van der Waals surface area contributed by atoms with Gasteiger partial charge in [-0.3, -0.25) is 4.99 Å². The highest BCUT2D eigenvalue weighted by molar-refractivity contribution is 6.15. The Balaban J connectivity index is 0.00000180. The van der Waals surface area contributed by atoms with Crippen molar-refractivity contribution in [3.63, 3.8) is 0 Å². The zero-order valence-corrected chi connectivity index (χ0v) is 47.6. The normalized spacial score (nSPS) is 16.0. The summed E-state index contributed by atoms with van der Waals surface area (Å²) in [6.07, 6.45) is 20.0. The first-order chi connectivity index (χ1) is 39.9. The van der Waals surface area contributed by atoms with Gasteiger partial charge in [-0.25, -0.2) is 20.0 Å². The molecule has 3 aliphatic carbocycles. The van der Waals surface area contributed by atoms with Gasteiger partial charge >= 0.3 is 0 Å². The van der Waals surface area contributed by atoms with E-state index in [0.717, 1.165) is 87.2 Å². The quantitative estimate of drug-likeness (QED) is 0.0915. The van der Waals surface area contributed by atoms with E-state index in [1.54, 1.807) is 0 Å². The first-order valence-corrected chi connectivity index (χ1v) is 28.7. The van der Waals surface area contributed by atoms with Crippen LogP contribution in [0.2, 0.25) is 0 Å². The van der Waals surface area contributed by atoms with E-state index in [9.17, 15) is 0 Å². The third-order valence-electron chi connectivity index (χ3n) is 15.0. The van der Waals surface area contributed by atoms with Gasteiger partial charge in [0.05, 0.1) is 23.3 Å². The largest absolute Gasteiger partial charge is 0.310 e. The summed E-state index contributed by atoms with van der Waals surface area (Å²) in [5.41, 5.74) is 15.9. The van der Waals surface area contributed by atoms with Crippen LogP contribution in [0.5, 0.6) is 0 Å². The van der Waals surface area contributed by atoms with Crippen molar-refractivity contribution in [1.29, 1.82) is 0 Å². The third-order valence-corrected chi connectivity index (χ3v) is 15.0. The summed E-state index contributed by atoms with van der Waals surface area (Å²) in [4.78, 5) is 24.9. The number of para-hydroxylation sites is 1. The molecule has 2 atom stereocenters. The first-order valence-electron chi connectivity index (χ1n) is 28.7. The van der Waals surface area contributed by atoms with Gasteiger partial charge in [-0.2, -0.15) is 0 Å². The van der Waals surface area contributed by atoms with Gasteiger partial charge in [-0.15, -0.1) is 0 Å². The number of aromatic nitrogens is 2. The topological polar surface area (TPSA) is 71.7 Å². The smallest absolute Gasteiger partial charge is 0.160 e. The number of aliphatic imine (C=N–C) groups is 5. The second kappa shape index (κ2) is 25.6. The minimum Gasteiger partial charge on any atom is -0.310 e. The lowest BCUT2D eigenvalue weighted by atomic mass is 9.88. The number of rotatable bonds is 11. The highest BCUT2D eigenvalue weighted by Gasteiger charge is 2.25. The van der Waals surface area contributed by atoms with Gasteiger partial charge in [0.2, 0.25) is 0 Å². The van der Waals surface area contributed by atoms with E-state index in [1.165, 1.54) is 38.2 Å². The fourth-order valence-electron chi connectivity index (χ4n) is 11.1. The number of amidine groups is 3. The molecule has 0 aliphatic heterocycles. The molecule has 0 bridgehead atoms. The third kappa shape index (κ3) is 11.7. The monoisotopic (exact) mass is 1060 g/mol. The average molecular weight is 1060 g/mol. The van der Waals surface area contributed by atoms with Crippen molar-refractivity contribution in [2.24, 2.45) is 30.9 Å². The molecule has 7 heteroatoms. The minimum atomic E-state index is 0.163. The molecule has 0 spiro atoms. The van der Waals surface area contributed by atoms with E-state index < -0.39 is 0 Å². The highest BCUT2D eigenvalue weighted by atomic mass is 15.0. The summed E-state index contributed by atoms with van der Waals surface area (Å²) in [6, 6.07) is 63.7. The molecule has 2 unspecified atom stereocenters. The number of nitrogens with zero attached hydrogens (tertiary/aromatic N) is 7. The Hall–Kier alpha value is -9.33. The predicted molar refractivity (Wildman–Crippen MR) is 347 cm³/mol. The van der Waals surface area contributed by atoms with Crippen LogP contribution in [-0.4, -0.2) is 39.1 Å². The Morgan fingerprint density at radius 3 is 1.98 bits per heavy atom. The number of fused-ring (bicyclic) bond motifs is 6.